The zero-order valence-electron chi connectivity index (χ0n) is 11.4. The molecule has 1 aliphatic heterocycles. The maximum atomic E-state index is 13.1. The number of quaternary nitrogens is 1. The third-order valence-electron chi connectivity index (χ3n) is 3.84. The lowest BCUT2D eigenvalue weighted by atomic mass is 10.2. The van der Waals surface area contributed by atoms with Gasteiger partial charge >= 0.3 is 0 Å². The van der Waals surface area contributed by atoms with E-state index in [9.17, 15) is 9.18 Å². The molecular weight excluding hydrogens is 243 g/mol. The molecule has 0 bridgehead atoms. The standard InChI is InChI=1S/C15H21FN2O/c1-12(18-9-4-2-3-5-10-18)15(19)17-14-8-6-7-13(16)11-14/h6-8,11-12H,2-5,9-10H2,1H3,(H,17,19)/p+1/t12-/m1/s1. The smallest absolute Gasteiger partial charge is 0.282 e. The summed E-state index contributed by atoms with van der Waals surface area (Å²) in [5.74, 6) is -0.352. The fourth-order valence-electron chi connectivity index (χ4n) is 2.62. The second kappa shape index (κ2) is 6.66. The lowest BCUT2D eigenvalue weighted by molar-refractivity contribution is -0.913. The number of hydrogen-bond donors (Lipinski definition) is 2. The quantitative estimate of drug-likeness (QED) is 0.855. The van der Waals surface area contributed by atoms with E-state index in [1.165, 1.54) is 42.7 Å². The highest BCUT2D eigenvalue weighted by atomic mass is 19.1. The summed E-state index contributed by atoms with van der Waals surface area (Å²) < 4.78 is 13.1. The number of nitrogens with one attached hydrogen (secondary N) is 2. The Hall–Kier alpha value is -1.42. The van der Waals surface area contributed by atoms with Crippen LogP contribution in [0, 0.1) is 5.82 Å². The molecule has 0 saturated carbocycles. The second-order valence-electron chi connectivity index (χ2n) is 5.29. The predicted octanol–water partition coefficient (Wildman–Crippen LogP) is 1.61. The molecule has 0 spiro atoms. The molecule has 1 aliphatic rings. The van der Waals surface area contributed by atoms with Crippen LogP contribution in [0.25, 0.3) is 0 Å². The number of amides is 1. The van der Waals surface area contributed by atoms with Crippen LogP contribution < -0.4 is 10.2 Å². The van der Waals surface area contributed by atoms with E-state index >= 15 is 0 Å². The first kappa shape index (κ1) is 14.0. The molecule has 0 aromatic heterocycles. The highest BCUT2D eigenvalue weighted by Crippen LogP contribution is 2.09. The first-order chi connectivity index (χ1) is 9.16. The van der Waals surface area contributed by atoms with Gasteiger partial charge in [0.25, 0.3) is 5.91 Å². The van der Waals surface area contributed by atoms with Crippen LogP contribution in [0.3, 0.4) is 0 Å². The van der Waals surface area contributed by atoms with Gasteiger partial charge in [0.05, 0.1) is 13.1 Å². The summed E-state index contributed by atoms with van der Waals surface area (Å²) >= 11 is 0. The molecule has 104 valence electrons. The highest BCUT2D eigenvalue weighted by molar-refractivity contribution is 5.93. The largest absolute Gasteiger partial charge is 0.325 e. The van der Waals surface area contributed by atoms with Gasteiger partial charge in [-0.1, -0.05) is 6.07 Å². The molecular formula is C15H22FN2O+. The summed E-state index contributed by atoms with van der Waals surface area (Å²) in [6.45, 7) is 4.06. The van der Waals surface area contributed by atoms with Crippen molar-refractivity contribution in [3.05, 3.63) is 30.1 Å². The topological polar surface area (TPSA) is 33.5 Å². The minimum absolute atomic E-state index is 0.0255. The molecule has 1 aromatic carbocycles. The maximum absolute atomic E-state index is 13.1. The molecule has 0 unspecified atom stereocenters. The van der Waals surface area contributed by atoms with Crippen molar-refractivity contribution < 1.29 is 14.1 Å². The van der Waals surface area contributed by atoms with Gasteiger partial charge in [0.15, 0.2) is 6.04 Å². The third kappa shape index (κ3) is 4.03. The van der Waals surface area contributed by atoms with Gasteiger partial charge in [0.1, 0.15) is 5.82 Å². The summed E-state index contributed by atoms with van der Waals surface area (Å²) in [4.78, 5) is 13.5. The molecule has 2 rings (SSSR count). The lowest BCUT2D eigenvalue weighted by Crippen LogP contribution is -3.16. The van der Waals surface area contributed by atoms with Gasteiger partial charge in [-0.15, -0.1) is 0 Å². The Morgan fingerprint density at radius 1 is 1.26 bits per heavy atom. The molecule has 3 nitrogen and oxygen atoms in total. The number of rotatable bonds is 3. The van der Waals surface area contributed by atoms with Gasteiger partial charge < -0.3 is 10.2 Å². The number of carbonyl (C=O) groups is 1. The van der Waals surface area contributed by atoms with E-state index in [4.69, 9.17) is 0 Å². The summed E-state index contributed by atoms with van der Waals surface area (Å²) in [7, 11) is 0. The van der Waals surface area contributed by atoms with Crippen LogP contribution in [-0.2, 0) is 4.79 Å². The Balaban J connectivity index is 1.94. The molecule has 1 atom stereocenters. The fraction of sp³-hybridized carbons (Fsp3) is 0.533. The van der Waals surface area contributed by atoms with E-state index in [0.717, 1.165) is 13.1 Å². The zero-order valence-corrected chi connectivity index (χ0v) is 11.4. The monoisotopic (exact) mass is 265 g/mol. The Bertz CT molecular complexity index is 428. The van der Waals surface area contributed by atoms with Gasteiger partial charge in [-0.2, -0.15) is 0 Å². The molecule has 2 N–H and O–H groups in total. The average molecular weight is 265 g/mol. The molecule has 1 fully saturated rings. The van der Waals surface area contributed by atoms with E-state index in [0.29, 0.717) is 5.69 Å². The van der Waals surface area contributed by atoms with Crippen molar-refractivity contribution >= 4 is 11.6 Å². The van der Waals surface area contributed by atoms with E-state index in [1.807, 2.05) is 6.92 Å². The number of halogens is 1. The van der Waals surface area contributed by atoms with Crippen LogP contribution in [0.5, 0.6) is 0 Å². The van der Waals surface area contributed by atoms with Gasteiger partial charge in [0, 0.05) is 5.69 Å². The zero-order chi connectivity index (χ0) is 13.7. The molecule has 1 amide bonds. The predicted molar refractivity (Wildman–Crippen MR) is 73.7 cm³/mol. The van der Waals surface area contributed by atoms with Crippen LogP contribution >= 0.6 is 0 Å². The average Bonchev–Trinajstić information content (AvgIpc) is 2.66. The Morgan fingerprint density at radius 2 is 1.95 bits per heavy atom. The van der Waals surface area contributed by atoms with E-state index < -0.39 is 0 Å². The van der Waals surface area contributed by atoms with Crippen LogP contribution in [-0.4, -0.2) is 25.0 Å². The van der Waals surface area contributed by atoms with Crippen molar-refractivity contribution in [2.24, 2.45) is 0 Å². The summed E-state index contributed by atoms with van der Waals surface area (Å²) in [5, 5.41) is 2.80. The fourth-order valence-corrected chi connectivity index (χ4v) is 2.62. The number of anilines is 1. The molecule has 4 heteroatoms. The molecule has 0 radical (unpaired) electrons. The van der Waals surface area contributed by atoms with Crippen molar-refractivity contribution in [3.63, 3.8) is 0 Å². The van der Waals surface area contributed by atoms with E-state index in [1.54, 1.807) is 12.1 Å². The second-order valence-corrected chi connectivity index (χ2v) is 5.29. The first-order valence-electron chi connectivity index (χ1n) is 7.08. The van der Waals surface area contributed by atoms with Gasteiger partial charge in [-0.3, -0.25) is 4.79 Å². The van der Waals surface area contributed by atoms with E-state index in [-0.39, 0.29) is 17.8 Å². The summed E-state index contributed by atoms with van der Waals surface area (Å²) in [5.41, 5.74) is 0.533. The van der Waals surface area contributed by atoms with Crippen molar-refractivity contribution in [1.82, 2.24) is 0 Å². The molecule has 1 aromatic rings. The Morgan fingerprint density at radius 3 is 2.58 bits per heavy atom. The van der Waals surface area contributed by atoms with Crippen molar-refractivity contribution in [3.8, 4) is 0 Å². The summed E-state index contributed by atoms with van der Waals surface area (Å²) in [6, 6.07) is 5.96. The van der Waals surface area contributed by atoms with Crippen LogP contribution in [0.15, 0.2) is 24.3 Å². The lowest BCUT2D eigenvalue weighted by Gasteiger charge is -2.23. The van der Waals surface area contributed by atoms with Crippen molar-refractivity contribution in [2.75, 3.05) is 18.4 Å². The van der Waals surface area contributed by atoms with Crippen LogP contribution in [0.4, 0.5) is 10.1 Å². The maximum Gasteiger partial charge on any atom is 0.282 e. The Kier molecular flexibility index (Phi) is 4.91. The van der Waals surface area contributed by atoms with Crippen molar-refractivity contribution in [1.29, 1.82) is 0 Å². The summed E-state index contributed by atoms with van der Waals surface area (Å²) in [6.07, 6.45) is 4.91. The molecule has 1 heterocycles. The first-order valence-corrected chi connectivity index (χ1v) is 7.08. The van der Waals surface area contributed by atoms with Crippen molar-refractivity contribution in [2.45, 2.75) is 38.6 Å². The molecule has 1 saturated heterocycles. The normalized spacial score (nSPS) is 18.6. The number of hydrogen-bond acceptors (Lipinski definition) is 1. The Labute approximate surface area is 113 Å². The third-order valence-corrected chi connectivity index (χ3v) is 3.84. The number of likely N-dealkylation sites (tertiary alicyclic amines) is 1. The van der Waals surface area contributed by atoms with E-state index in [2.05, 4.69) is 5.32 Å². The molecule has 19 heavy (non-hydrogen) atoms. The van der Waals surface area contributed by atoms with Gasteiger partial charge in [0.2, 0.25) is 0 Å². The van der Waals surface area contributed by atoms with Gasteiger partial charge in [-0.25, -0.2) is 4.39 Å². The minimum atomic E-state index is -0.326. The number of benzene rings is 1. The van der Waals surface area contributed by atoms with Crippen LogP contribution in [0.2, 0.25) is 0 Å². The van der Waals surface area contributed by atoms with Crippen LogP contribution in [0.1, 0.15) is 32.6 Å². The number of carbonyl (C=O) groups excluding carboxylic acids is 1. The molecule has 0 aliphatic carbocycles. The highest BCUT2D eigenvalue weighted by Gasteiger charge is 2.25. The SMILES string of the molecule is C[C@H](C(=O)Nc1cccc(F)c1)[NH+]1CCCCCC1. The van der Waals surface area contributed by atoms with Gasteiger partial charge in [-0.05, 0) is 50.8 Å². The minimum Gasteiger partial charge on any atom is -0.325 e.